The lowest BCUT2D eigenvalue weighted by Gasteiger charge is -2.17. The first-order valence-electron chi connectivity index (χ1n) is 12.4. The van der Waals surface area contributed by atoms with Crippen LogP contribution in [0.3, 0.4) is 0 Å². The molecule has 1 heterocycles. The van der Waals surface area contributed by atoms with Gasteiger partial charge in [0.1, 0.15) is 0 Å². The highest BCUT2D eigenvalue weighted by Gasteiger charge is 2.21. The molecule has 1 atom stereocenters. The third kappa shape index (κ3) is 20.7. The van der Waals surface area contributed by atoms with Gasteiger partial charge in [0, 0.05) is 19.7 Å². The largest absolute Gasteiger partial charge is 0.379 e. The van der Waals surface area contributed by atoms with Gasteiger partial charge in [-0.05, 0) is 17.3 Å². The normalized spacial score (nSPS) is 17.8. The van der Waals surface area contributed by atoms with E-state index in [9.17, 15) is 0 Å². The average Bonchev–Trinajstić information content (AvgIpc) is 3.16. The summed E-state index contributed by atoms with van der Waals surface area (Å²) in [5.74, 6) is 0. The van der Waals surface area contributed by atoms with Crippen molar-refractivity contribution >= 4 is 0 Å². The molecule has 1 unspecified atom stereocenters. The van der Waals surface area contributed by atoms with E-state index in [4.69, 9.17) is 28.4 Å². The van der Waals surface area contributed by atoms with Crippen molar-refractivity contribution in [1.29, 1.82) is 0 Å². The summed E-state index contributed by atoms with van der Waals surface area (Å²) in [6.07, 6.45) is 1.06. The molecule has 1 fully saturated rings. The summed E-state index contributed by atoms with van der Waals surface area (Å²) in [5, 5.41) is 2.10. The summed E-state index contributed by atoms with van der Waals surface area (Å²) in [6.45, 7) is 22.5. The van der Waals surface area contributed by atoms with Crippen molar-refractivity contribution in [2.24, 2.45) is 10.8 Å². The number of nitrogens with zero attached hydrogens (tertiary/aromatic N) is 1. The molecule has 1 rings (SSSR count). The van der Waals surface area contributed by atoms with Crippen LogP contribution in [0.15, 0.2) is 0 Å². The second kappa shape index (κ2) is 18.0. The van der Waals surface area contributed by atoms with Gasteiger partial charge in [-0.3, -0.25) is 0 Å². The fourth-order valence-electron chi connectivity index (χ4n) is 2.82. The number of hydrogen-bond acceptors (Lipinski definition) is 9. The smallest absolute Gasteiger partial charge is 0.0701 e. The van der Waals surface area contributed by atoms with E-state index in [0.717, 1.165) is 32.7 Å². The fourth-order valence-corrected chi connectivity index (χ4v) is 2.82. The molecule has 0 saturated carbocycles. The van der Waals surface area contributed by atoms with Crippen LogP contribution >= 0.6 is 0 Å². The summed E-state index contributed by atoms with van der Waals surface area (Å²) >= 11 is 0. The molecule has 0 radical (unpaired) electrons. The van der Waals surface area contributed by atoms with E-state index in [2.05, 4.69) is 57.5 Å². The molecular formula is C24H51N3O6. The molecule has 9 nitrogen and oxygen atoms in total. The Morgan fingerprint density at radius 1 is 0.636 bits per heavy atom. The summed E-state index contributed by atoms with van der Waals surface area (Å²) in [7, 11) is 0. The Labute approximate surface area is 202 Å². The second-order valence-electron chi connectivity index (χ2n) is 10.8. The first kappa shape index (κ1) is 30.7. The van der Waals surface area contributed by atoms with Crippen LogP contribution < -0.4 is 11.0 Å². The first-order chi connectivity index (χ1) is 15.7. The lowest BCUT2D eigenvalue weighted by molar-refractivity contribution is -0.0127. The van der Waals surface area contributed by atoms with Gasteiger partial charge in [-0.15, -0.1) is 0 Å². The quantitative estimate of drug-likeness (QED) is 0.257. The van der Waals surface area contributed by atoms with E-state index in [1.54, 1.807) is 0 Å². The molecule has 1 aliphatic heterocycles. The van der Waals surface area contributed by atoms with Crippen molar-refractivity contribution in [3.8, 4) is 0 Å². The molecule has 198 valence electrons. The van der Waals surface area contributed by atoms with Crippen LogP contribution in [0.1, 0.15) is 48.0 Å². The molecule has 0 aliphatic carbocycles. The first-order valence-corrected chi connectivity index (χ1v) is 12.4. The standard InChI is InChI=1S/C24H51N3O6/c1-23(2,3)7-9-28-15-17-32-20-22-19-27(26-25-22)8-10-29-11-12-30-13-14-31-16-18-33-21-24(4,5)6/h22,25-26H,7-21H2,1-6H3. The van der Waals surface area contributed by atoms with Crippen LogP contribution in [0.2, 0.25) is 0 Å². The van der Waals surface area contributed by atoms with Crippen molar-refractivity contribution in [3.05, 3.63) is 0 Å². The zero-order valence-electron chi connectivity index (χ0n) is 22.1. The number of hydrazine groups is 2. The zero-order chi connectivity index (χ0) is 24.4. The number of rotatable bonds is 20. The second-order valence-corrected chi connectivity index (χ2v) is 10.8. The van der Waals surface area contributed by atoms with E-state index in [-0.39, 0.29) is 11.5 Å². The number of hydrogen-bond donors (Lipinski definition) is 2. The van der Waals surface area contributed by atoms with Gasteiger partial charge in [0.25, 0.3) is 0 Å². The van der Waals surface area contributed by atoms with Crippen LogP contribution in [0.25, 0.3) is 0 Å². The molecule has 1 aliphatic rings. The average molecular weight is 478 g/mol. The van der Waals surface area contributed by atoms with Crippen molar-refractivity contribution < 1.29 is 28.4 Å². The lowest BCUT2D eigenvalue weighted by atomic mass is 9.93. The Kier molecular flexibility index (Phi) is 16.7. The van der Waals surface area contributed by atoms with E-state index in [0.29, 0.717) is 71.5 Å². The fraction of sp³-hybridized carbons (Fsp3) is 1.00. The minimum atomic E-state index is 0.196. The highest BCUT2D eigenvalue weighted by atomic mass is 16.6. The van der Waals surface area contributed by atoms with Gasteiger partial charge < -0.3 is 28.4 Å². The van der Waals surface area contributed by atoms with Gasteiger partial charge in [0.15, 0.2) is 0 Å². The topological polar surface area (TPSA) is 82.7 Å². The van der Waals surface area contributed by atoms with Gasteiger partial charge in [0.2, 0.25) is 0 Å². The van der Waals surface area contributed by atoms with Gasteiger partial charge >= 0.3 is 0 Å². The lowest BCUT2D eigenvalue weighted by Crippen LogP contribution is -2.39. The Morgan fingerprint density at radius 3 is 1.73 bits per heavy atom. The summed E-state index contributed by atoms with van der Waals surface area (Å²) in [4.78, 5) is 0. The molecular weight excluding hydrogens is 426 g/mol. The van der Waals surface area contributed by atoms with Gasteiger partial charge in [-0.1, -0.05) is 41.5 Å². The number of nitrogens with one attached hydrogen (secondary N) is 2. The highest BCUT2D eigenvalue weighted by Crippen LogP contribution is 2.17. The van der Waals surface area contributed by atoms with Crippen molar-refractivity contribution in [2.45, 2.75) is 54.0 Å². The zero-order valence-corrected chi connectivity index (χ0v) is 22.1. The van der Waals surface area contributed by atoms with E-state index >= 15 is 0 Å². The maximum atomic E-state index is 5.71. The Morgan fingerprint density at radius 2 is 1.15 bits per heavy atom. The molecule has 1 saturated heterocycles. The monoisotopic (exact) mass is 477 g/mol. The predicted molar refractivity (Wildman–Crippen MR) is 130 cm³/mol. The predicted octanol–water partition coefficient (Wildman–Crippen LogP) is 2.26. The molecule has 0 aromatic rings. The Hall–Kier alpha value is -0.360. The van der Waals surface area contributed by atoms with Crippen LogP contribution in [0, 0.1) is 10.8 Å². The third-order valence-corrected chi connectivity index (χ3v) is 4.71. The van der Waals surface area contributed by atoms with E-state index in [1.807, 2.05) is 0 Å². The van der Waals surface area contributed by atoms with Crippen molar-refractivity contribution in [3.63, 3.8) is 0 Å². The van der Waals surface area contributed by atoms with Crippen LogP contribution in [0.4, 0.5) is 0 Å². The molecule has 0 bridgehead atoms. The van der Waals surface area contributed by atoms with Gasteiger partial charge in [0.05, 0.1) is 78.7 Å². The minimum absolute atomic E-state index is 0.196. The van der Waals surface area contributed by atoms with Crippen molar-refractivity contribution in [1.82, 2.24) is 16.0 Å². The van der Waals surface area contributed by atoms with Crippen LogP contribution in [-0.2, 0) is 28.4 Å². The summed E-state index contributed by atoms with van der Waals surface area (Å²) < 4.78 is 33.5. The van der Waals surface area contributed by atoms with E-state index < -0.39 is 0 Å². The molecule has 33 heavy (non-hydrogen) atoms. The third-order valence-electron chi connectivity index (χ3n) is 4.71. The van der Waals surface area contributed by atoms with Gasteiger partial charge in [-0.2, -0.15) is 5.53 Å². The molecule has 0 amide bonds. The highest BCUT2D eigenvalue weighted by molar-refractivity contribution is 4.73. The number of ether oxygens (including phenoxy) is 6. The Bertz CT molecular complexity index is 456. The maximum Gasteiger partial charge on any atom is 0.0701 e. The summed E-state index contributed by atoms with van der Waals surface area (Å²) in [6, 6.07) is 0.266. The van der Waals surface area contributed by atoms with Crippen LogP contribution in [-0.4, -0.2) is 103 Å². The SMILES string of the molecule is CC(C)(C)CCOCCOCC1CN(CCOCCOCCOCCOCC(C)(C)C)NN1. The summed E-state index contributed by atoms with van der Waals surface area (Å²) in [5.41, 5.74) is 6.92. The molecule has 0 spiro atoms. The molecule has 0 aromatic heterocycles. The Balaban J connectivity index is 1.80. The minimum Gasteiger partial charge on any atom is -0.379 e. The van der Waals surface area contributed by atoms with E-state index in [1.165, 1.54) is 0 Å². The van der Waals surface area contributed by atoms with Crippen molar-refractivity contribution in [2.75, 3.05) is 92.4 Å². The van der Waals surface area contributed by atoms with Gasteiger partial charge in [-0.25, -0.2) is 10.4 Å². The molecule has 9 heteroatoms. The molecule has 2 N–H and O–H groups in total. The van der Waals surface area contributed by atoms with Crippen LogP contribution in [0.5, 0.6) is 0 Å². The maximum absolute atomic E-state index is 5.71. The molecule has 0 aromatic carbocycles.